The number of fused-ring (bicyclic) bond motifs is 1. The van der Waals surface area contributed by atoms with Crippen molar-refractivity contribution in [1.82, 2.24) is 9.97 Å². The zero-order valence-corrected chi connectivity index (χ0v) is 13.9. The third-order valence-corrected chi connectivity index (χ3v) is 4.42. The normalized spacial score (nSPS) is 16.0. The van der Waals surface area contributed by atoms with Crippen LogP contribution in [0.2, 0.25) is 0 Å². The molecule has 7 nitrogen and oxygen atoms in total. The van der Waals surface area contributed by atoms with E-state index in [4.69, 9.17) is 0 Å². The highest BCUT2D eigenvalue weighted by Gasteiger charge is 2.30. The average molecular weight is 337 g/mol. The largest absolute Gasteiger partial charge is 0.326 e. The second-order valence-corrected chi connectivity index (χ2v) is 6.53. The van der Waals surface area contributed by atoms with E-state index in [1.165, 1.54) is 0 Å². The number of nitrogens with one attached hydrogen (secondary N) is 3. The summed E-state index contributed by atoms with van der Waals surface area (Å²) in [5, 5.41) is 8.90. The SMILES string of the molecule is Cc1cnc(Nc2ccc3c(c2)CCC(=O)N3)nc1NC(=O)C1CC1. The first kappa shape index (κ1) is 15.6. The van der Waals surface area contributed by atoms with Gasteiger partial charge >= 0.3 is 0 Å². The average Bonchev–Trinajstić information content (AvgIpc) is 3.43. The highest BCUT2D eigenvalue weighted by Crippen LogP contribution is 2.31. The van der Waals surface area contributed by atoms with Gasteiger partial charge in [-0.05, 0) is 49.9 Å². The number of hydrogen-bond donors (Lipinski definition) is 3. The van der Waals surface area contributed by atoms with Crippen LogP contribution in [0.25, 0.3) is 0 Å². The topological polar surface area (TPSA) is 96.0 Å². The number of amides is 2. The zero-order valence-electron chi connectivity index (χ0n) is 13.9. The second kappa shape index (κ2) is 6.16. The molecule has 7 heteroatoms. The Balaban J connectivity index is 1.52. The zero-order chi connectivity index (χ0) is 17.4. The van der Waals surface area contributed by atoms with Crippen LogP contribution in [0.3, 0.4) is 0 Å². The van der Waals surface area contributed by atoms with Crippen molar-refractivity contribution in [2.24, 2.45) is 5.92 Å². The minimum Gasteiger partial charge on any atom is -0.326 e. The minimum absolute atomic E-state index is 0.0253. The number of nitrogens with zero attached hydrogens (tertiary/aromatic N) is 2. The Labute approximate surface area is 145 Å². The van der Waals surface area contributed by atoms with Gasteiger partial charge in [-0.15, -0.1) is 0 Å². The molecule has 128 valence electrons. The maximum absolute atomic E-state index is 12.0. The van der Waals surface area contributed by atoms with Crippen molar-refractivity contribution in [3.8, 4) is 0 Å². The molecule has 25 heavy (non-hydrogen) atoms. The van der Waals surface area contributed by atoms with E-state index in [9.17, 15) is 9.59 Å². The lowest BCUT2D eigenvalue weighted by Gasteiger charge is -2.18. The van der Waals surface area contributed by atoms with Gasteiger partial charge in [-0.3, -0.25) is 9.59 Å². The first-order valence-electron chi connectivity index (χ1n) is 8.43. The summed E-state index contributed by atoms with van der Waals surface area (Å²) in [7, 11) is 0. The van der Waals surface area contributed by atoms with Gasteiger partial charge in [0.25, 0.3) is 0 Å². The fourth-order valence-corrected chi connectivity index (χ4v) is 2.78. The molecule has 1 saturated carbocycles. The van der Waals surface area contributed by atoms with Gasteiger partial charge in [0.05, 0.1) is 0 Å². The molecule has 1 fully saturated rings. The Kier molecular flexibility index (Phi) is 3.83. The number of hydrogen-bond acceptors (Lipinski definition) is 5. The van der Waals surface area contributed by atoms with E-state index in [-0.39, 0.29) is 17.7 Å². The second-order valence-electron chi connectivity index (χ2n) is 6.53. The first-order valence-corrected chi connectivity index (χ1v) is 8.43. The first-order chi connectivity index (χ1) is 12.1. The van der Waals surface area contributed by atoms with Crippen molar-refractivity contribution in [3.63, 3.8) is 0 Å². The van der Waals surface area contributed by atoms with Crippen LogP contribution in [0.15, 0.2) is 24.4 Å². The quantitative estimate of drug-likeness (QED) is 0.797. The van der Waals surface area contributed by atoms with E-state index in [0.29, 0.717) is 24.6 Å². The summed E-state index contributed by atoms with van der Waals surface area (Å²) in [5.74, 6) is 1.17. The van der Waals surface area contributed by atoms with Gasteiger partial charge in [-0.25, -0.2) is 4.98 Å². The molecular weight excluding hydrogens is 318 g/mol. The van der Waals surface area contributed by atoms with E-state index < -0.39 is 0 Å². The number of aromatic nitrogens is 2. The van der Waals surface area contributed by atoms with Crippen LogP contribution in [0.1, 0.15) is 30.4 Å². The highest BCUT2D eigenvalue weighted by molar-refractivity contribution is 5.94. The number of rotatable bonds is 4. The molecule has 1 aromatic heterocycles. The van der Waals surface area contributed by atoms with Crippen molar-refractivity contribution >= 4 is 35.0 Å². The third kappa shape index (κ3) is 3.45. The van der Waals surface area contributed by atoms with Gasteiger partial charge in [-0.2, -0.15) is 4.98 Å². The number of aryl methyl sites for hydroxylation is 2. The summed E-state index contributed by atoms with van der Waals surface area (Å²) in [6.45, 7) is 1.87. The van der Waals surface area contributed by atoms with Crippen molar-refractivity contribution < 1.29 is 9.59 Å². The molecule has 1 aliphatic carbocycles. The van der Waals surface area contributed by atoms with Crippen LogP contribution < -0.4 is 16.0 Å². The van der Waals surface area contributed by atoms with Crippen LogP contribution in [0.5, 0.6) is 0 Å². The molecular formula is C18H19N5O2. The summed E-state index contributed by atoms with van der Waals surface area (Å²) in [6.07, 6.45) is 4.80. The number of benzene rings is 1. The van der Waals surface area contributed by atoms with Crippen molar-refractivity contribution in [2.45, 2.75) is 32.6 Å². The van der Waals surface area contributed by atoms with E-state index in [0.717, 1.165) is 35.3 Å². The van der Waals surface area contributed by atoms with Crippen LogP contribution in [-0.4, -0.2) is 21.8 Å². The van der Waals surface area contributed by atoms with Gasteiger partial charge in [0, 0.05) is 35.5 Å². The van der Waals surface area contributed by atoms with E-state index >= 15 is 0 Å². The lowest BCUT2D eigenvalue weighted by atomic mass is 10.0. The summed E-state index contributed by atoms with van der Waals surface area (Å²) in [5.41, 5.74) is 3.61. The van der Waals surface area contributed by atoms with E-state index in [2.05, 4.69) is 25.9 Å². The van der Waals surface area contributed by atoms with Crippen molar-refractivity contribution in [1.29, 1.82) is 0 Å². The fourth-order valence-electron chi connectivity index (χ4n) is 2.78. The van der Waals surface area contributed by atoms with Crippen LogP contribution in [-0.2, 0) is 16.0 Å². The van der Waals surface area contributed by atoms with E-state index in [1.807, 2.05) is 25.1 Å². The molecule has 0 radical (unpaired) electrons. The molecule has 0 spiro atoms. The predicted molar refractivity (Wildman–Crippen MR) is 94.8 cm³/mol. The lowest BCUT2D eigenvalue weighted by Crippen LogP contribution is -2.19. The molecule has 4 rings (SSSR count). The molecule has 0 bridgehead atoms. The van der Waals surface area contributed by atoms with Crippen molar-refractivity contribution in [3.05, 3.63) is 35.5 Å². The molecule has 2 heterocycles. The molecule has 2 aromatic rings. The Bertz CT molecular complexity index is 861. The third-order valence-electron chi connectivity index (χ3n) is 4.42. The van der Waals surface area contributed by atoms with Gasteiger partial charge in [0.15, 0.2) is 0 Å². The predicted octanol–water partition coefficient (Wildman–Crippen LogP) is 2.76. The Morgan fingerprint density at radius 2 is 2.12 bits per heavy atom. The van der Waals surface area contributed by atoms with Crippen LogP contribution in [0, 0.1) is 12.8 Å². The fraction of sp³-hybridized carbons (Fsp3) is 0.333. The maximum atomic E-state index is 12.0. The smallest absolute Gasteiger partial charge is 0.229 e. The summed E-state index contributed by atoms with van der Waals surface area (Å²) in [4.78, 5) is 32.1. The summed E-state index contributed by atoms with van der Waals surface area (Å²) >= 11 is 0. The molecule has 0 saturated heterocycles. The van der Waals surface area contributed by atoms with Gasteiger partial charge in [0.2, 0.25) is 17.8 Å². The number of carbonyl (C=O) groups is 2. The van der Waals surface area contributed by atoms with Gasteiger partial charge < -0.3 is 16.0 Å². The van der Waals surface area contributed by atoms with Gasteiger partial charge in [-0.1, -0.05) is 0 Å². The lowest BCUT2D eigenvalue weighted by molar-refractivity contribution is -0.117. The molecule has 2 aliphatic rings. The molecule has 3 N–H and O–H groups in total. The maximum Gasteiger partial charge on any atom is 0.229 e. The van der Waals surface area contributed by atoms with E-state index in [1.54, 1.807) is 6.20 Å². The standard InChI is InChI=1S/C18H19N5O2/c1-10-9-19-18(23-16(10)22-17(25)11-2-3-11)20-13-5-6-14-12(8-13)4-7-15(24)21-14/h5-6,8-9,11H,2-4,7H2,1H3,(H,21,24)(H2,19,20,22,23,25). The Hall–Kier alpha value is -2.96. The molecule has 1 aromatic carbocycles. The monoisotopic (exact) mass is 337 g/mol. The van der Waals surface area contributed by atoms with Crippen LogP contribution in [0.4, 0.5) is 23.1 Å². The molecule has 2 amide bonds. The summed E-state index contributed by atoms with van der Waals surface area (Å²) in [6, 6.07) is 5.73. The number of carbonyl (C=O) groups excluding carboxylic acids is 2. The van der Waals surface area contributed by atoms with Crippen molar-refractivity contribution in [2.75, 3.05) is 16.0 Å². The molecule has 0 atom stereocenters. The Morgan fingerprint density at radius 3 is 2.92 bits per heavy atom. The van der Waals surface area contributed by atoms with Crippen LogP contribution >= 0.6 is 0 Å². The minimum atomic E-state index is 0.0253. The summed E-state index contributed by atoms with van der Waals surface area (Å²) < 4.78 is 0. The number of anilines is 4. The Morgan fingerprint density at radius 1 is 1.28 bits per heavy atom. The van der Waals surface area contributed by atoms with Gasteiger partial charge in [0.1, 0.15) is 5.82 Å². The molecule has 1 aliphatic heterocycles. The molecule has 0 unspecified atom stereocenters. The highest BCUT2D eigenvalue weighted by atomic mass is 16.2.